The lowest BCUT2D eigenvalue weighted by Crippen LogP contribution is -2.53. The van der Waals surface area contributed by atoms with Gasteiger partial charge in [0.05, 0.1) is 23.2 Å². The maximum atomic E-state index is 14.8. The predicted octanol–water partition coefficient (Wildman–Crippen LogP) is 5.70. The Morgan fingerprint density at radius 3 is 2.53 bits per heavy atom. The maximum Gasteiger partial charge on any atom is 0.414 e. The van der Waals surface area contributed by atoms with E-state index < -0.39 is 23.9 Å². The van der Waals surface area contributed by atoms with Gasteiger partial charge >= 0.3 is 12.1 Å². The van der Waals surface area contributed by atoms with Crippen LogP contribution in [0.3, 0.4) is 0 Å². The van der Waals surface area contributed by atoms with Gasteiger partial charge in [-0.25, -0.2) is 9.18 Å². The van der Waals surface area contributed by atoms with Gasteiger partial charge in [0, 0.05) is 30.0 Å². The van der Waals surface area contributed by atoms with Gasteiger partial charge in [-0.1, -0.05) is 48.4 Å². The summed E-state index contributed by atoms with van der Waals surface area (Å²) in [6.45, 7) is 0.100. The molecule has 2 saturated carbocycles. The van der Waals surface area contributed by atoms with Crippen LogP contribution in [0, 0.1) is 11.7 Å². The standard InChI is InChI=1S/C27H28ClFN2O5/c28-20-14-23-19(13-21(20)29)26(30(17-9-10-17)24(32)11-12-25(33)34)18-7-4-8-22(18)31(23)27(35)36-15-16-5-2-1-3-6-16/h1-3,5-6,13-14,17-18,22,26H,4,7-12,15H2,(H,33,34). The largest absolute Gasteiger partial charge is 0.481 e. The first kappa shape index (κ1) is 24.6. The van der Waals surface area contributed by atoms with Crippen molar-refractivity contribution in [1.29, 1.82) is 0 Å². The second-order valence-electron chi connectivity index (χ2n) is 9.77. The first-order chi connectivity index (χ1) is 17.3. The Labute approximate surface area is 213 Å². The Balaban J connectivity index is 1.52. The number of hydrogen-bond acceptors (Lipinski definition) is 4. The summed E-state index contributed by atoms with van der Waals surface area (Å²) in [5.41, 5.74) is 1.82. The van der Waals surface area contributed by atoms with Gasteiger partial charge in [-0.15, -0.1) is 0 Å². The molecule has 9 heteroatoms. The van der Waals surface area contributed by atoms with Crippen LogP contribution in [0.1, 0.15) is 62.1 Å². The van der Waals surface area contributed by atoms with E-state index >= 15 is 0 Å². The van der Waals surface area contributed by atoms with E-state index in [2.05, 4.69) is 0 Å². The zero-order valence-corrected chi connectivity index (χ0v) is 20.5. The molecule has 1 heterocycles. The van der Waals surface area contributed by atoms with Gasteiger partial charge in [-0.05, 0) is 43.4 Å². The van der Waals surface area contributed by atoms with E-state index in [1.54, 1.807) is 9.80 Å². The molecule has 3 unspecified atom stereocenters. The van der Waals surface area contributed by atoms with Gasteiger partial charge in [0.2, 0.25) is 5.91 Å². The molecular weight excluding hydrogens is 487 g/mol. The normalized spacial score (nSPS) is 22.5. The van der Waals surface area contributed by atoms with Crippen LogP contribution < -0.4 is 4.90 Å². The number of halogens is 2. The molecule has 0 saturated heterocycles. The van der Waals surface area contributed by atoms with Crippen LogP contribution in [0.2, 0.25) is 5.02 Å². The first-order valence-corrected chi connectivity index (χ1v) is 12.7. The number of rotatable bonds is 7. The van der Waals surface area contributed by atoms with Crippen LogP contribution in [0.4, 0.5) is 14.9 Å². The number of ether oxygens (including phenoxy) is 1. The van der Waals surface area contributed by atoms with Crippen LogP contribution in [-0.2, 0) is 20.9 Å². The first-order valence-electron chi connectivity index (χ1n) is 12.4. The van der Waals surface area contributed by atoms with Crippen molar-refractivity contribution in [3.05, 3.63) is 64.4 Å². The summed E-state index contributed by atoms with van der Waals surface area (Å²) in [4.78, 5) is 41.2. The number of benzene rings is 2. The van der Waals surface area contributed by atoms with Gasteiger partial charge in [-0.3, -0.25) is 14.5 Å². The minimum Gasteiger partial charge on any atom is -0.481 e. The highest BCUT2D eigenvalue weighted by molar-refractivity contribution is 6.31. The summed E-state index contributed by atoms with van der Waals surface area (Å²) >= 11 is 6.18. The number of carbonyl (C=O) groups excluding carboxylic acids is 2. The summed E-state index contributed by atoms with van der Waals surface area (Å²) in [6.07, 6.45) is 3.06. The smallest absolute Gasteiger partial charge is 0.414 e. The molecule has 3 aliphatic rings. The van der Waals surface area contributed by atoms with Crippen molar-refractivity contribution in [2.24, 2.45) is 5.92 Å². The Kier molecular flexibility index (Phi) is 6.88. The monoisotopic (exact) mass is 514 g/mol. The molecule has 1 aliphatic heterocycles. The van der Waals surface area contributed by atoms with Crippen molar-refractivity contribution < 1.29 is 28.6 Å². The molecule has 2 amide bonds. The van der Waals surface area contributed by atoms with Gasteiger partial charge < -0.3 is 14.7 Å². The summed E-state index contributed by atoms with van der Waals surface area (Å²) < 4.78 is 20.5. The van der Waals surface area contributed by atoms with Crippen molar-refractivity contribution >= 4 is 35.3 Å². The SMILES string of the molecule is O=C(O)CCC(=O)N(C1CC1)C1c2cc(F)c(Cl)cc2N(C(=O)OCc2ccccc2)C2CCCC21. The molecule has 2 aromatic rings. The lowest BCUT2D eigenvalue weighted by molar-refractivity contribution is -0.142. The number of aliphatic carboxylic acids is 1. The Morgan fingerprint density at radius 2 is 1.83 bits per heavy atom. The number of nitrogens with zero attached hydrogens (tertiary/aromatic N) is 2. The van der Waals surface area contributed by atoms with Gasteiger partial charge in [-0.2, -0.15) is 0 Å². The highest BCUT2D eigenvalue weighted by Gasteiger charge is 2.52. The quantitative estimate of drug-likeness (QED) is 0.512. The van der Waals surface area contributed by atoms with Crippen LogP contribution in [-0.4, -0.2) is 40.1 Å². The molecule has 190 valence electrons. The van der Waals surface area contributed by atoms with Gasteiger partial charge in [0.15, 0.2) is 0 Å². The lowest BCUT2D eigenvalue weighted by Gasteiger charge is -2.47. The van der Waals surface area contributed by atoms with Crippen molar-refractivity contribution in [2.45, 2.75) is 69.7 Å². The van der Waals surface area contributed by atoms with E-state index in [0.29, 0.717) is 11.3 Å². The zero-order valence-electron chi connectivity index (χ0n) is 19.7. The fourth-order valence-corrected chi connectivity index (χ4v) is 5.88. The van der Waals surface area contributed by atoms with Crippen molar-refractivity contribution in [2.75, 3.05) is 4.90 Å². The molecule has 36 heavy (non-hydrogen) atoms. The summed E-state index contributed by atoms with van der Waals surface area (Å²) in [5.74, 6) is -2.02. The van der Waals surface area contributed by atoms with Gasteiger partial charge in [0.1, 0.15) is 12.4 Å². The summed E-state index contributed by atoms with van der Waals surface area (Å²) in [5, 5.41) is 9.01. The van der Waals surface area contributed by atoms with E-state index in [4.69, 9.17) is 21.4 Å². The Morgan fingerprint density at radius 1 is 1.08 bits per heavy atom. The minimum absolute atomic E-state index is 0.0132. The molecule has 3 atom stereocenters. The average molecular weight is 515 g/mol. The van der Waals surface area contributed by atoms with Crippen LogP contribution in [0.5, 0.6) is 0 Å². The second-order valence-corrected chi connectivity index (χ2v) is 10.2. The maximum absolute atomic E-state index is 14.8. The van der Waals surface area contributed by atoms with Crippen LogP contribution in [0.25, 0.3) is 0 Å². The number of anilines is 1. The van der Waals surface area contributed by atoms with E-state index in [-0.39, 0.29) is 48.4 Å². The predicted molar refractivity (Wildman–Crippen MR) is 131 cm³/mol. The molecule has 2 aromatic carbocycles. The number of fused-ring (bicyclic) bond motifs is 2. The van der Waals surface area contributed by atoms with Crippen molar-refractivity contribution in [1.82, 2.24) is 4.90 Å². The average Bonchev–Trinajstić information content (AvgIpc) is 3.58. The summed E-state index contributed by atoms with van der Waals surface area (Å²) in [6, 6.07) is 11.4. The third-order valence-electron chi connectivity index (χ3n) is 7.40. The fraction of sp³-hybridized carbons (Fsp3) is 0.444. The molecule has 0 aromatic heterocycles. The van der Waals surface area contributed by atoms with Gasteiger partial charge in [0.25, 0.3) is 0 Å². The number of hydrogen-bond donors (Lipinski definition) is 1. The fourth-order valence-electron chi connectivity index (χ4n) is 5.72. The zero-order chi connectivity index (χ0) is 25.4. The molecule has 2 aliphatic carbocycles. The second kappa shape index (κ2) is 10.1. The number of carboxylic acids is 1. The highest BCUT2D eigenvalue weighted by Crippen LogP contribution is 2.53. The van der Waals surface area contributed by atoms with Crippen molar-refractivity contribution in [3.8, 4) is 0 Å². The summed E-state index contributed by atoms with van der Waals surface area (Å²) in [7, 11) is 0. The molecule has 0 spiro atoms. The van der Waals surface area contributed by atoms with Crippen LogP contribution >= 0.6 is 11.6 Å². The Hall–Kier alpha value is -3.13. The topological polar surface area (TPSA) is 87.2 Å². The van der Waals surface area contributed by atoms with Crippen molar-refractivity contribution in [3.63, 3.8) is 0 Å². The highest BCUT2D eigenvalue weighted by atomic mass is 35.5. The third kappa shape index (κ3) is 4.78. The minimum atomic E-state index is -1.04. The van der Waals surface area contributed by atoms with E-state index in [1.165, 1.54) is 12.1 Å². The van der Waals surface area contributed by atoms with E-state index in [9.17, 15) is 18.8 Å². The molecule has 0 radical (unpaired) electrons. The molecule has 2 fully saturated rings. The lowest BCUT2D eigenvalue weighted by atomic mass is 9.81. The molecule has 7 nitrogen and oxygen atoms in total. The van der Waals surface area contributed by atoms with Crippen LogP contribution in [0.15, 0.2) is 42.5 Å². The number of carboxylic acid groups (broad SMARTS) is 1. The molecule has 0 bridgehead atoms. The molecule has 5 rings (SSSR count). The number of carbonyl (C=O) groups is 3. The van der Waals surface area contributed by atoms with E-state index in [1.807, 2.05) is 30.3 Å². The molecular formula is C27H28ClFN2O5. The molecule has 1 N–H and O–H groups in total. The third-order valence-corrected chi connectivity index (χ3v) is 7.69. The Bertz CT molecular complexity index is 1170. The van der Waals surface area contributed by atoms with E-state index in [0.717, 1.165) is 37.7 Å². The number of amides is 2.